The molecule has 0 spiro atoms. The molecule has 0 aliphatic heterocycles. The summed E-state index contributed by atoms with van der Waals surface area (Å²) >= 11 is 0. The first-order valence-electron chi connectivity index (χ1n) is 9.25. The van der Waals surface area contributed by atoms with Crippen molar-refractivity contribution < 1.29 is 14.2 Å². The van der Waals surface area contributed by atoms with Crippen LogP contribution in [0.3, 0.4) is 0 Å². The number of hydrogen-bond acceptors (Lipinski definition) is 4. The Balaban J connectivity index is 1.78. The van der Waals surface area contributed by atoms with Crippen LogP contribution in [0.15, 0.2) is 78.0 Å². The molecule has 0 radical (unpaired) electrons. The third-order valence-electron chi connectivity index (χ3n) is 4.80. The third-order valence-corrected chi connectivity index (χ3v) is 4.80. The number of rotatable bonds is 6. The first-order chi connectivity index (χ1) is 14.2. The van der Waals surface area contributed by atoms with E-state index in [1.54, 1.807) is 27.5 Å². The number of aromatic nitrogens is 1. The van der Waals surface area contributed by atoms with Gasteiger partial charge in [0.15, 0.2) is 11.5 Å². The second-order valence-corrected chi connectivity index (χ2v) is 6.47. The Morgan fingerprint density at radius 1 is 0.793 bits per heavy atom. The molecule has 1 heterocycles. The van der Waals surface area contributed by atoms with Gasteiger partial charge in [-0.25, -0.2) is 4.68 Å². The van der Waals surface area contributed by atoms with E-state index in [0.717, 1.165) is 27.6 Å². The molecule has 4 aromatic rings. The lowest BCUT2D eigenvalue weighted by molar-refractivity contribution is 0.324. The van der Waals surface area contributed by atoms with Crippen LogP contribution in [0.2, 0.25) is 0 Å². The monoisotopic (exact) mass is 386 g/mol. The van der Waals surface area contributed by atoms with Gasteiger partial charge < -0.3 is 14.2 Å². The van der Waals surface area contributed by atoms with Gasteiger partial charge in [0.05, 0.1) is 33.1 Å². The third kappa shape index (κ3) is 3.55. The Kier molecular flexibility index (Phi) is 5.20. The number of ether oxygens (including phenoxy) is 3. The molecule has 3 aromatic carbocycles. The predicted molar refractivity (Wildman–Crippen MR) is 116 cm³/mol. The maximum Gasteiger partial charge on any atom is 0.203 e. The minimum atomic E-state index is 0.560. The van der Waals surface area contributed by atoms with E-state index in [4.69, 9.17) is 19.3 Å². The molecule has 0 unspecified atom stereocenters. The van der Waals surface area contributed by atoms with Gasteiger partial charge in [0, 0.05) is 22.7 Å². The van der Waals surface area contributed by atoms with E-state index in [-0.39, 0.29) is 0 Å². The van der Waals surface area contributed by atoms with E-state index in [1.807, 2.05) is 47.1 Å². The molecule has 0 bridgehead atoms. The van der Waals surface area contributed by atoms with Gasteiger partial charge in [-0.1, -0.05) is 48.5 Å². The summed E-state index contributed by atoms with van der Waals surface area (Å²) < 4.78 is 18.1. The molecule has 0 saturated heterocycles. The summed E-state index contributed by atoms with van der Waals surface area (Å²) in [6.45, 7) is 0. The van der Waals surface area contributed by atoms with Crippen molar-refractivity contribution in [3.05, 3.63) is 78.5 Å². The van der Waals surface area contributed by atoms with E-state index in [1.165, 1.54) is 0 Å². The lowest BCUT2D eigenvalue weighted by Crippen LogP contribution is -1.97. The highest BCUT2D eigenvalue weighted by Crippen LogP contribution is 2.38. The van der Waals surface area contributed by atoms with Crippen molar-refractivity contribution in [2.24, 2.45) is 5.10 Å². The highest BCUT2D eigenvalue weighted by atomic mass is 16.5. The fourth-order valence-electron chi connectivity index (χ4n) is 3.41. The summed E-state index contributed by atoms with van der Waals surface area (Å²) in [5.41, 5.74) is 4.18. The van der Waals surface area contributed by atoms with Crippen LogP contribution in [-0.2, 0) is 0 Å². The van der Waals surface area contributed by atoms with Crippen LogP contribution in [0.25, 0.3) is 22.0 Å². The Labute approximate surface area is 169 Å². The SMILES string of the molecule is COc1cc(C=Nn2cc(-c3ccccc3)c3ccccc32)cc(OC)c1OC. The number of fused-ring (bicyclic) bond motifs is 1. The normalized spacial score (nSPS) is 11.1. The molecule has 0 aliphatic rings. The summed E-state index contributed by atoms with van der Waals surface area (Å²) in [5, 5.41) is 5.85. The maximum absolute atomic E-state index is 5.43. The quantitative estimate of drug-likeness (QED) is 0.427. The molecule has 5 nitrogen and oxygen atoms in total. The second kappa shape index (κ2) is 8.10. The summed E-state index contributed by atoms with van der Waals surface area (Å²) in [6, 6.07) is 22.3. The molecule has 0 fully saturated rings. The van der Waals surface area contributed by atoms with Gasteiger partial charge in [-0.05, 0) is 23.8 Å². The van der Waals surface area contributed by atoms with Gasteiger partial charge in [-0.2, -0.15) is 5.10 Å². The van der Waals surface area contributed by atoms with Gasteiger partial charge in [0.2, 0.25) is 5.75 Å². The molecule has 29 heavy (non-hydrogen) atoms. The fraction of sp³-hybridized carbons (Fsp3) is 0.125. The minimum absolute atomic E-state index is 0.560. The Bertz CT molecular complexity index is 1140. The molecule has 0 N–H and O–H groups in total. The number of hydrogen-bond donors (Lipinski definition) is 0. The van der Waals surface area contributed by atoms with Crippen molar-refractivity contribution in [3.63, 3.8) is 0 Å². The van der Waals surface area contributed by atoms with Gasteiger partial charge in [0.25, 0.3) is 0 Å². The second-order valence-electron chi connectivity index (χ2n) is 6.47. The van der Waals surface area contributed by atoms with Crippen molar-refractivity contribution in [2.75, 3.05) is 21.3 Å². The lowest BCUT2D eigenvalue weighted by Gasteiger charge is -2.12. The van der Waals surface area contributed by atoms with Crippen LogP contribution in [-0.4, -0.2) is 32.2 Å². The molecular formula is C24H22N2O3. The fourth-order valence-corrected chi connectivity index (χ4v) is 3.41. The molecule has 5 heteroatoms. The molecule has 0 saturated carbocycles. The van der Waals surface area contributed by atoms with Crippen molar-refractivity contribution >= 4 is 17.1 Å². The number of nitrogens with zero attached hydrogens (tertiary/aromatic N) is 2. The molecule has 1 aromatic heterocycles. The van der Waals surface area contributed by atoms with Gasteiger partial charge in [-0.15, -0.1) is 0 Å². The van der Waals surface area contributed by atoms with Crippen molar-refractivity contribution in [2.45, 2.75) is 0 Å². The average Bonchev–Trinajstić information content (AvgIpc) is 3.16. The van der Waals surface area contributed by atoms with Crippen molar-refractivity contribution in [1.82, 2.24) is 4.68 Å². The van der Waals surface area contributed by atoms with Crippen LogP contribution < -0.4 is 14.2 Å². The summed E-state index contributed by atoms with van der Waals surface area (Å²) in [6.07, 6.45) is 3.83. The molecule has 0 atom stereocenters. The first-order valence-corrected chi connectivity index (χ1v) is 9.25. The van der Waals surface area contributed by atoms with Crippen molar-refractivity contribution in [3.8, 4) is 28.4 Å². The average molecular weight is 386 g/mol. The molecule has 4 rings (SSSR count). The molecule has 146 valence electrons. The van der Waals surface area contributed by atoms with Gasteiger partial charge >= 0.3 is 0 Å². The first kappa shape index (κ1) is 18.6. The van der Waals surface area contributed by atoms with Crippen molar-refractivity contribution in [1.29, 1.82) is 0 Å². The van der Waals surface area contributed by atoms with E-state index in [0.29, 0.717) is 17.2 Å². The Hall–Kier alpha value is -3.73. The minimum Gasteiger partial charge on any atom is -0.493 e. The topological polar surface area (TPSA) is 45.0 Å². The van der Waals surface area contributed by atoms with E-state index in [2.05, 4.69) is 30.5 Å². The maximum atomic E-state index is 5.43. The summed E-state index contributed by atoms with van der Waals surface area (Å²) in [4.78, 5) is 0. The highest BCUT2D eigenvalue weighted by molar-refractivity contribution is 5.96. The standard InChI is InChI=1S/C24H22N2O3/c1-27-22-13-17(14-23(28-2)24(22)29-3)15-25-26-16-20(18-9-5-4-6-10-18)19-11-7-8-12-21(19)26/h4-16H,1-3H3. The van der Waals surface area contributed by atoms with Crippen LogP contribution >= 0.6 is 0 Å². The zero-order valence-corrected chi connectivity index (χ0v) is 16.6. The van der Waals surface area contributed by atoms with Crippen LogP contribution in [0.1, 0.15) is 5.56 Å². The summed E-state index contributed by atoms with van der Waals surface area (Å²) in [7, 11) is 4.79. The van der Waals surface area contributed by atoms with Crippen LogP contribution in [0.5, 0.6) is 17.2 Å². The molecule has 0 aliphatic carbocycles. The van der Waals surface area contributed by atoms with E-state index < -0.39 is 0 Å². The highest BCUT2D eigenvalue weighted by Gasteiger charge is 2.13. The molecule has 0 amide bonds. The lowest BCUT2D eigenvalue weighted by atomic mass is 10.1. The Morgan fingerprint density at radius 2 is 1.45 bits per heavy atom. The summed E-state index contributed by atoms with van der Waals surface area (Å²) in [5.74, 6) is 1.75. The molecular weight excluding hydrogens is 364 g/mol. The number of para-hydroxylation sites is 1. The smallest absolute Gasteiger partial charge is 0.203 e. The van der Waals surface area contributed by atoms with E-state index in [9.17, 15) is 0 Å². The zero-order chi connectivity index (χ0) is 20.2. The Morgan fingerprint density at radius 3 is 2.10 bits per heavy atom. The van der Waals surface area contributed by atoms with Crippen LogP contribution in [0, 0.1) is 0 Å². The predicted octanol–water partition coefficient (Wildman–Crippen LogP) is 5.22. The van der Waals surface area contributed by atoms with Gasteiger partial charge in [-0.3, -0.25) is 0 Å². The van der Waals surface area contributed by atoms with Gasteiger partial charge in [0.1, 0.15) is 0 Å². The largest absolute Gasteiger partial charge is 0.493 e. The van der Waals surface area contributed by atoms with Crippen LogP contribution in [0.4, 0.5) is 0 Å². The number of benzene rings is 3. The van der Waals surface area contributed by atoms with E-state index >= 15 is 0 Å². The zero-order valence-electron chi connectivity index (χ0n) is 16.6. The number of methoxy groups -OCH3 is 3.